The molecular weight excluding hydrogens is 785 g/mol. The number of benzene rings is 3. The van der Waals surface area contributed by atoms with Gasteiger partial charge in [0.25, 0.3) is 0 Å². The Bertz CT molecular complexity index is 1750. The summed E-state index contributed by atoms with van der Waals surface area (Å²) in [7, 11) is -2.26. The minimum atomic E-state index is -2.02. The van der Waals surface area contributed by atoms with Gasteiger partial charge in [0.2, 0.25) is 16.6 Å². The van der Waals surface area contributed by atoms with Crippen LogP contribution in [0.3, 0.4) is 0 Å². The first-order valence-corrected chi connectivity index (χ1v) is 24.5. The van der Waals surface area contributed by atoms with Gasteiger partial charge in [-0.15, -0.1) is 9.18 Å². The minimum absolute atomic E-state index is 0. The van der Waals surface area contributed by atoms with Gasteiger partial charge in [-0.05, 0) is 72.7 Å². The molecule has 3 unspecified atom stereocenters. The fourth-order valence-electron chi connectivity index (χ4n) is 5.01. The molecule has 0 spiro atoms. The zero-order valence-corrected chi connectivity index (χ0v) is 36.7. The maximum absolute atomic E-state index is 13.7. The Labute approximate surface area is 335 Å². The number of ether oxygens (including phenoxy) is 5. The summed E-state index contributed by atoms with van der Waals surface area (Å²) in [6, 6.07) is 8.57. The molecule has 0 aromatic heterocycles. The normalized spacial score (nSPS) is 17.4. The van der Waals surface area contributed by atoms with Crippen molar-refractivity contribution in [2.45, 2.75) is 118 Å². The first-order valence-electron chi connectivity index (χ1n) is 18.2. The maximum Gasteiger partial charge on any atom is 0.342 e. The summed E-state index contributed by atoms with van der Waals surface area (Å²) in [6.45, 7) is 23.2. The summed E-state index contributed by atoms with van der Waals surface area (Å²) < 4.78 is 83.9. The number of carbonyl (C=O) groups is 1. The minimum Gasteiger partial charge on any atom is -0.543 e. The molecule has 0 radical (unpaired) electrons. The lowest BCUT2D eigenvalue weighted by molar-refractivity contribution is -0.0928. The molecule has 3 aliphatic heterocycles. The lowest BCUT2D eigenvalue weighted by Gasteiger charge is -2.37. The number of halogens is 3. The SMILES string of the molecule is C.CC(C)(C)[Si](C)(C)Oc1ccc(F)c2c1C(O)OC2.CC(C)(C)[Si](C)(C)Oc1ccc(F)c2c1C(O)OC2.COCOc1ccc(F)c2c1C(=O)OC2.[2H]PC. The molecule has 16 heteroatoms. The zero-order valence-electron chi connectivity index (χ0n) is 34.7. The van der Waals surface area contributed by atoms with Crippen LogP contribution in [0.4, 0.5) is 13.2 Å². The van der Waals surface area contributed by atoms with Gasteiger partial charge in [0.1, 0.15) is 46.9 Å². The lowest BCUT2D eigenvalue weighted by Crippen LogP contribution is -2.44. The van der Waals surface area contributed by atoms with Gasteiger partial charge >= 0.3 is 5.97 Å². The van der Waals surface area contributed by atoms with Crippen LogP contribution in [-0.2, 0) is 38.8 Å². The predicted octanol–water partition coefficient (Wildman–Crippen LogP) is 10.1. The molecule has 3 heterocycles. The Morgan fingerprint density at radius 2 is 1.12 bits per heavy atom. The highest BCUT2D eigenvalue weighted by atomic mass is 31.0. The third-order valence-corrected chi connectivity index (χ3v) is 18.9. The third kappa shape index (κ3) is 11.1. The quantitative estimate of drug-likeness (QED) is 0.103. The zero-order chi connectivity index (χ0) is 42.4. The van der Waals surface area contributed by atoms with Gasteiger partial charge in [0, 0.05) is 23.8 Å². The summed E-state index contributed by atoms with van der Waals surface area (Å²) in [5.74, 6) is -0.337. The highest BCUT2D eigenvalue weighted by Gasteiger charge is 2.42. The predicted molar refractivity (Wildman–Crippen MR) is 218 cm³/mol. The van der Waals surface area contributed by atoms with Crippen LogP contribution in [0.5, 0.6) is 17.2 Å². The molecule has 0 aliphatic carbocycles. The lowest BCUT2D eigenvalue weighted by atomic mass is 10.1. The Morgan fingerprint density at radius 1 is 0.750 bits per heavy atom. The van der Waals surface area contributed by atoms with E-state index in [1.54, 1.807) is 12.1 Å². The van der Waals surface area contributed by atoms with Gasteiger partial charge in [-0.25, -0.2) is 18.0 Å². The summed E-state index contributed by atoms with van der Waals surface area (Å²) in [6.07, 6.45) is -2.18. The van der Waals surface area contributed by atoms with Crippen LogP contribution in [-0.4, -0.2) is 54.7 Å². The summed E-state index contributed by atoms with van der Waals surface area (Å²) in [5, 5.41) is 19.7. The second-order valence-electron chi connectivity index (χ2n) is 16.0. The molecule has 0 saturated carbocycles. The number of aliphatic hydroxyl groups is 2. The average molecular weight is 846 g/mol. The van der Waals surface area contributed by atoms with Crippen molar-refractivity contribution in [1.82, 2.24) is 0 Å². The number of hydrogen-bond donors (Lipinski definition) is 2. The van der Waals surface area contributed by atoms with Crippen molar-refractivity contribution in [3.05, 3.63) is 87.2 Å². The molecule has 0 saturated heterocycles. The van der Waals surface area contributed by atoms with Gasteiger partial charge < -0.3 is 42.7 Å². The number of aliphatic hydroxyl groups excluding tert-OH is 2. The molecule has 10 nitrogen and oxygen atoms in total. The fraction of sp³-hybridized carbons (Fsp3) is 0.525. The van der Waals surface area contributed by atoms with Gasteiger partial charge in [0.05, 0.1) is 25.6 Å². The molecule has 56 heavy (non-hydrogen) atoms. The summed E-state index contributed by atoms with van der Waals surface area (Å²) in [5.41, 5.74) is 2.11. The van der Waals surface area contributed by atoms with Crippen LogP contribution >= 0.6 is 9.18 Å². The number of esters is 1. The van der Waals surface area contributed by atoms with Crippen molar-refractivity contribution in [3.8, 4) is 17.2 Å². The molecule has 3 aromatic rings. The number of carbonyl (C=O) groups excluding carboxylic acids is 1. The van der Waals surface area contributed by atoms with E-state index >= 15 is 0 Å². The van der Waals surface area contributed by atoms with Crippen LogP contribution < -0.4 is 13.6 Å². The summed E-state index contributed by atoms with van der Waals surface area (Å²) >= 11 is 0. The van der Waals surface area contributed by atoms with Crippen LogP contribution in [0.1, 0.15) is 99.7 Å². The van der Waals surface area contributed by atoms with Gasteiger partial charge in [-0.3, -0.25) is 0 Å². The van der Waals surface area contributed by atoms with E-state index in [9.17, 15) is 28.2 Å². The topological polar surface area (TPSA) is 122 Å². The van der Waals surface area contributed by atoms with Crippen molar-refractivity contribution in [3.63, 3.8) is 0 Å². The smallest absolute Gasteiger partial charge is 0.342 e. The van der Waals surface area contributed by atoms with Crippen LogP contribution in [0.2, 0.25) is 36.3 Å². The van der Waals surface area contributed by atoms with Crippen molar-refractivity contribution < 1.29 is 60.7 Å². The Balaban J connectivity index is 0.000000284. The second kappa shape index (κ2) is 19.6. The van der Waals surface area contributed by atoms with Gasteiger partial charge in [-0.2, -0.15) is 0 Å². The van der Waals surface area contributed by atoms with Crippen molar-refractivity contribution in [1.29, 1.82) is 1.28 Å². The molecule has 2 N–H and O–H groups in total. The van der Waals surface area contributed by atoms with Crippen LogP contribution in [0, 0.1) is 17.5 Å². The van der Waals surface area contributed by atoms with E-state index in [1.807, 2.05) is 6.66 Å². The molecule has 3 aromatic carbocycles. The third-order valence-electron chi connectivity index (χ3n) is 10.2. The highest BCUT2D eigenvalue weighted by molar-refractivity contribution is 7.15. The number of rotatable bonds is 7. The van der Waals surface area contributed by atoms with Gasteiger partial charge in [0.15, 0.2) is 19.4 Å². The molecule has 0 amide bonds. The molecule has 0 fully saturated rings. The van der Waals surface area contributed by atoms with Crippen molar-refractivity contribution >= 4 is 31.8 Å². The number of hydrogen-bond acceptors (Lipinski definition) is 10. The first-order chi connectivity index (χ1) is 25.9. The van der Waals surface area contributed by atoms with Crippen LogP contribution in [0.15, 0.2) is 36.4 Å². The monoisotopic (exact) mass is 845 g/mol. The molecule has 314 valence electrons. The van der Waals surface area contributed by atoms with Crippen LogP contribution in [0.25, 0.3) is 0 Å². The molecule has 3 aliphatic rings. The number of fused-ring (bicyclic) bond motifs is 3. The van der Waals surface area contributed by atoms with E-state index < -0.39 is 41.0 Å². The first kappa shape index (κ1) is 47.4. The Kier molecular flexibility index (Phi) is 16.6. The van der Waals surface area contributed by atoms with Crippen molar-refractivity contribution in [2.24, 2.45) is 0 Å². The van der Waals surface area contributed by atoms with Gasteiger partial charge in [-0.1, -0.05) is 55.6 Å². The summed E-state index contributed by atoms with van der Waals surface area (Å²) in [4.78, 5) is 11.3. The Morgan fingerprint density at radius 3 is 1.50 bits per heavy atom. The molecule has 3 atom stereocenters. The maximum atomic E-state index is 13.7. The van der Waals surface area contributed by atoms with E-state index in [0.717, 1.165) is 0 Å². The van der Waals surface area contributed by atoms with E-state index in [1.165, 1.54) is 31.4 Å². The molecular formula is C40H60F3O10PSi2. The Hall–Kier alpha value is -3.02. The molecule has 6 rings (SSSR count). The van der Waals surface area contributed by atoms with E-state index in [0.29, 0.717) is 42.9 Å². The fourth-order valence-corrected chi connectivity index (χ4v) is 7.08. The second-order valence-corrected chi connectivity index (χ2v) is 25.4. The standard InChI is InChI=1S/2C14H21FO3Si.C10H9FO4.CH5P.CH4/c2*1-14(2,3)19(4,5)18-11-7-6-10(15)9-8-17-13(16)12(9)11;1-13-5-15-8-3-2-7(11)6-4-14-10(12)9(6)8;1-2;/h2*6-7,13,16H,8H2,1-5H3;2-3H,4-5H2,1H3;2H2,1H3;1H4/i;;;2D;. The molecule has 0 bridgehead atoms. The number of cyclic esters (lactones) is 1. The largest absolute Gasteiger partial charge is 0.543 e. The number of methoxy groups -OCH3 is 1. The van der Waals surface area contributed by atoms with E-state index in [2.05, 4.69) is 67.7 Å². The van der Waals surface area contributed by atoms with E-state index in [-0.39, 0.29) is 72.6 Å². The average Bonchev–Trinajstić information content (AvgIpc) is 3.81. The highest BCUT2D eigenvalue weighted by Crippen LogP contribution is 2.44. The van der Waals surface area contributed by atoms with E-state index in [4.69, 9.17) is 33.8 Å². The van der Waals surface area contributed by atoms with Crippen molar-refractivity contribution in [2.75, 3.05) is 20.6 Å².